The average molecular weight is 366 g/mol. The molecular formula is C10H22O8S3. The highest BCUT2D eigenvalue weighted by Crippen LogP contribution is 2.49. The fourth-order valence-electron chi connectivity index (χ4n) is 1.20. The van der Waals surface area contributed by atoms with Crippen LogP contribution in [0.15, 0.2) is 0 Å². The van der Waals surface area contributed by atoms with Gasteiger partial charge in [-0.15, -0.1) is 20.6 Å². The van der Waals surface area contributed by atoms with Gasteiger partial charge in [0.05, 0.1) is 12.8 Å². The molecule has 0 saturated carbocycles. The van der Waals surface area contributed by atoms with Crippen molar-refractivity contribution in [3.8, 4) is 0 Å². The molecule has 0 aliphatic rings. The van der Waals surface area contributed by atoms with E-state index in [2.05, 4.69) is 0 Å². The average Bonchev–Trinajstić information content (AvgIpc) is 2.21. The van der Waals surface area contributed by atoms with E-state index < -0.39 is 43.0 Å². The Morgan fingerprint density at radius 3 is 1.33 bits per heavy atom. The molecule has 0 aromatic carbocycles. The fraction of sp³-hybridized carbons (Fsp3) is 0.800. The molecule has 0 heterocycles. The first-order valence-electron chi connectivity index (χ1n) is 5.77. The summed E-state index contributed by atoms with van der Waals surface area (Å²) in [6.45, 7) is 0. The van der Waals surface area contributed by atoms with E-state index in [1.807, 2.05) is 0 Å². The Kier molecular flexibility index (Phi) is 7.50. The smallest absolute Gasteiger partial charge is 0.418 e. The van der Waals surface area contributed by atoms with Gasteiger partial charge in [0.2, 0.25) is 0 Å². The van der Waals surface area contributed by atoms with Gasteiger partial charge in [-0.3, -0.25) is 9.59 Å². The van der Waals surface area contributed by atoms with Crippen molar-refractivity contribution in [2.45, 2.75) is 12.8 Å². The molecule has 8 nitrogen and oxygen atoms in total. The predicted molar refractivity (Wildman–Crippen MR) is 84.2 cm³/mol. The lowest BCUT2D eigenvalue weighted by Crippen LogP contribution is -2.20. The van der Waals surface area contributed by atoms with Gasteiger partial charge in [0.25, 0.3) is 0 Å². The van der Waals surface area contributed by atoms with Gasteiger partial charge in [-0.25, -0.2) is 0 Å². The molecule has 0 aliphatic carbocycles. The second-order valence-corrected chi connectivity index (χ2v) is 13.6. The molecule has 0 unspecified atom stereocenters. The largest absolute Gasteiger partial charge is 0.481 e. The number of carbonyl (C=O) groups is 2. The summed E-state index contributed by atoms with van der Waals surface area (Å²) in [6, 6.07) is 0. The van der Waals surface area contributed by atoms with E-state index in [1.54, 1.807) is 0 Å². The van der Waals surface area contributed by atoms with Crippen molar-refractivity contribution in [3.05, 3.63) is 0 Å². The van der Waals surface area contributed by atoms with Gasteiger partial charge >= 0.3 is 22.3 Å². The molecule has 11 heteroatoms. The van der Waals surface area contributed by atoms with Crippen LogP contribution in [0.3, 0.4) is 0 Å². The van der Waals surface area contributed by atoms with Crippen molar-refractivity contribution >= 4 is 43.0 Å². The second-order valence-electron chi connectivity index (χ2n) is 5.11. The maximum Gasteiger partial charge on any atom is 0.418 e. The van der Waals surface area contributed by atoms with Crippen LogP contribution in [0, 0.1) is 0 Å². The van der Waals surface area contributed by atoms with Crippen LogP contribution in [-0.2, 0) is 27.2 Å². The van der Waals surface area contributed by atoms with Gasteiger partial charge in [-0.05, 0) is 25.0 Å². The van der Waals surface area contributed by atoms with Crippen LogP contribution in [0.2, 0.25) is 0 Å². The maximum atomic E-state index is 11.9. The van der Waals surface area contributed by atoms with Crippen molar-refractivity contribution in [3.63, 3.8) is 0 Å². The Morgan fingerprint density at radius 1 is 0.810 bits per heavy atom. The molecule has 0 aliphatic heterocycles. The van der Waals surface area contributed by atoms with E-state index in [1.165, 1.54) is 25.0 Å². The van der Waals surface area contributed by atoms with Gasteiger partial charge in [0, 0.05) is 11.5 Å². The van der Waals surface area contributed by atoms with E-state index >= 15 is 0 Å². The summed E-state index contributed by atoms with van der Waals surface area (Å²) in [5.41, 5.74) is 0. The first kappa shape index (κ1) is 20.5. The molecule has 2 N–H and O–H groups in total. The van der Waals surface area contributed by atoms with Gasteiger partial charge in [-0.1, -0.05) is 0 Å². The van der Waals surface area contributed by atoms with Crippen molar-refractivity contribution < 1.29 is 35.5 Å². The van der Waals surface area contributed by atoms with E-state index in [9.17, 15) is 18.0 Å². The third-order valence-electron chi connectivity index (χ3n) is 2.15. The molecule has 0 fully saturated rings. The molecule has 0 rings (SSSR count). The highest BCUT2D eigenvalue weighted by Gasteiger charge is 2.29. The Morgan fingerprint density at radius 2 is 1.10 bits per heavy atom. The number of carboxylic acids is 2. The lowest BCUT2D eigenvalue weighted by atomic mass is 10.5. The normalized spacial score (nSPS) is 14.7. The monoisotopic (exact) mass is 366 g/mol. The fourth-order valence-corrected chi connectivity index (χ4v) is 6.98. The lowest BCUT2D eigenvalue weighted by Gasteiger charge is -2.33. The summed E-state index contributed by atoms with van der Waals surface area (Å²) in [6.07, 6.45) is 5.69. The minimum Gasteiger partial charge on any atom is -0.481 e. The highest BCUT2D eigenvalue weighted by molar-refractivity contribution is 8.34. The van der Waals surface area contributed by atoms with Crippen molar-refractivity contribution in [2.75, 3.05) is 36.5 Å². The number of aliphatic carboxylic acids is 2. The third kappa shape index (κ3) is 10.8. The molecule has 0 radical (unpaired) electrons. The Hall–Kier alpha value is -0.490. The van der Waals surface area contributed by atoms with Crippen LogP contribution in [0.1, 0.15) is 12.8 Å². The quantitative estimate of drug-likeness (QED) is 0.590. The zero-order valence-corrected chi connectivity index (χ0v) is 14.8. The van der Waals surface area contributed by atoms with Crippen molar-refractivity contribution in [1.82, 2.24) is 0 Å². The lowest BCUT2D eigenvalue weighted by molar-refractivity contribution is -0.137. The van der Waals surface area contributed by atoms with Crippen LogP contribution in [0.4, 0.5) is 0 Å². The third-order valence-corrected chi connectivity index (χ3v) is 8.81. The zero-order chi connectivity index (χ0) is 16.9. The molecular weight excluding hydrogens is 344 g/mol. The molecule has 128 valence electrons. The Labute approximate surface area is 128 Å². The van der Waals surface area contributed by atoms with Gasteiger partial charge < -0.3 is 10.2 Å². The highest BCUT2D eigenvalue weighted by atomic mass is 32.4. The van der Waals surface area contributed by atoms with Crippen LogP contribution in [0.5, 0.6) is 0 Å². The first-order valence-corrected chi connectivity index (χ1v) is 12.2. The summed E-state index contributed by atoms with van der Waals surface area (Å²) in [5, 5.41) is 17.2. The van der Waals surface area contributed by atoms with Gasteiger partial charge in [0.1, 0.15) is 0 Å². The first-order chi connectivity index (χ1) is 9.25. The van der Waals surface area contributed by atoms with E-state index in [0.29, 0.717) is 0 Å². The summed E-state index contributed by atoms with van der Waals surface area (Å²) in [5.74, 6) is -1.92. The van der Waals surface area contributed by atoms with Gasteiger partial charge in [0.15, 0.2) is 0 Å². The Balaban J connectivity index is 4.67. The van der Waals surface area contributed by atoms with E-state index in [-0.39, 0.29) is 24.3 Å². The summed E-state index contributed by atoms with van der Waals surface area (Å²) in [4.78, 5) is 21.0. The molecule has 0 spiro atoms. The molecule has 0 aromatic heterocycles. The molecule has 0 atom stereocenters. The second kappa shape index (κ2) is 7.68. The molecule has 0 bridgehead atoms. The number of carboxylic acid groups (broad SMARTS) is 2. The van der Waals surface area contributed by atoms with Crippen LogP contribution in [-0.4, -0.2) is 67.1 Å². The van der Waals surface area contributed by atoms with Crippen LogP contribution in [0.25, 0.3) is 0 Å². The standard InChI is InChI=1S/C10H22O8S3/c1-19(2,7-5-9(11)12)17-21(15,16)18-20(3,4)8-6-10(13)14/h5-8H2,1-4H3,(H,11,12)(H,13,14). The summed E-state index contributed by atoms with van der Waals surface area (Å²) >= 11 is 0. The zero-order valence-electron chi connectivity index (χ0n) is 12.4. The van der Waals surface area contributed by atoms with E-state index in [0.717, 1.165) is 0 Å². The number of hydrogen-bond acceptors (Lipinski definition) is 6. The summed E-state index contributed by atoms with van der Waals surface area (Å²) < 4.78 is 33.6. The van der Waals surface area contributed by atoms with Crippen molar-refractivity contribution in [1.29, 1.82) is 0 Å². The van der Waals surface area contributed by atoms with Crippen molar-refractivity contribution in [2.24, 2.45) is 0 Å². The van der Waals surface area contributed by atoms with Crippen LogP contribution < -0.4 is 0 Å². The molecule has 0 amide bonds. The minimum atomic E-state index is -4.30. The molecule has 0 saturated heterocycles. The number of hydrogen-bond donors (Lipinski definition) is 2. The number of rotatable bonds is 10. The van der Waals surface area contributed by atoms with Gasteiger partial charge in [-0.2, -0.15) is 15.7 Å². The van der Waals surface area contributed by atoms with Crippen LogP contribution >= 0.6 is 20.6 Å². The predicted octanol–water partition coefficient (Wildman–Crippen LogP) is 1.17. The maximum absolute atomic E-state index is 11.9. The Bertz CT molecular complexity index is 445. The molecule has 21 heavy (non-hydrogen) atoms. The summed E-state index contributed by atoms with van der Waals surface area (Å²) in [7, 11) is -8.57. The molecule has 0 aromatic rings. The topological polar surface area (TPSA) is 127 Å². The SMILES string of the molecule is CS(C)(CCC(=O)O)OS(=O)(=O)OS(C)(C)CCC(=O)O. The minimum absolute atomic E-state index is 0.0792. The van der Waals surface area contributed by atoms with E-state index in [4.69, 9.17) is 17.5 Å².